The lowest BCUT2D eigenvalue weighted by atomic mass is 10.2. The fourth-order valence-electron chi connectivity index (χ4n) is 2.20. The molecule has 0 saturated heterocycles. The summed E-state index contributed by atoms with van der Waals surface area (Å²) in [6, 6.07) is 10.9. The van der Waals surface area contributed by atoms with Gasteiger partial charge in [0.25, 0.3) is 5.91 Å². The molecule has 0 N–H and O–H groups in total. The Morgan fingerprint density at radius 2 is 2.00 bits per heavy atom. The number of thiophene rings is 1. The summed E-state index contributed by atoms with van der Waals surface area (Å²) in [5.41, 5.74) is 0.791. The molecule has 0 unspecified atom stereocenters. The summed E-state index contributed by atoms with van der Waals surface area (Å²) in [4.78, 5) is 15.0. The van der Waals surface area contributed by atoms with Crippen LogP contribution in [0.25, 0.3) is 11.5 Å². The highest BCUT2D eigenvalue weighted by atomic mass is 35.5. The van der Waals surface area contributed by atoms with Gasteiger partial charge < -0.3 is 9.32 Å². The molecule has 0 spiro atoms. The second-order valence-corrected chi connectivity index (χ2v) is 6.90. The zero-order chi connectivity index (χ0) is 17.1. The Kier molecular flexibility index (Phi) is 4.97. The van der Waals surface area contributed by atoms with E-state index < -0.39 is 0 Å². The molecule has 0 saturated carbocycles. The molecule has 0 aliphatic heterocycles. The van der Waals surface area contributed by atoms with Crippen molar-refractivity contribution >= 4 is 28.8 Å². The third-order valence-corrected chi connectivity index (χ3v) is 4.59. The van der Waals surface area contributed by atoms with Gasteiger partial charge in [0.05, 0.1) is 11.4 Å². The van der Waals surface area contributed by atoms with E-state index in [-0.39, 0.29) is 18.5 Å². The van der Waals surface area contributed by atoms with Crippen molar-refractivity contribution in [2.45, 2.75) is 26.4 Å². The van der Waals surface area contributed by atoms with E-state index >= 15 is 0 Å². The minimum Gasteiger partial charge on any atom is -0.419 e. The molecule has 0 aliphatic carbocycles. The van der Waals surface area contributed by atoms with Crippen LogP contribution in [-0.2, 0) is 6.54 Å². The molecule has 3 rings (SSSR count). The van der Waals surface area contributed by atoms with Gasteiger partial charge in [-0.05, 0) is 49.6 Å². The van der Waals surface area contributed by atoms with Crippen molar-refractivity contribution in [1.82, 2.24) is 15.1 Å². The third kappa shape index (κ3) is 3.66. The maximum atomic E-state index is 12.6. The molecule has 124 valence electrons. The number of rotatable bonds is 5. The molecule has 2 heterocycles. The van der Waals surface area contributed by atoms with Gasteiger partial charge in [0.2, 0.25) is 11.8 Å². The molecular formula is C17H16ClN3O2S. The van der Waals surface area contributed by atoms with E-state index in [4.69, 9.17) is 16.0 Å². The molecule has 3 aromatic rings. The number of hydrogen-bond donors (Lipinski definition) is 0. The Bertz CT molecular complexity index is 813. The van der Waals surface area contributed by atoms with Crippen LogP contribution in [0.3, 0.4) is 0 Å². The number of carbonyl (C=O) groups is 1. The second kappa shape index (κ2) is 7.15. The first kappa shape index (κ1) is 16.7. The summed E-state index contributed by atoms with van der Waals surface area (Å²) in [7, 11) is 0. The van der Waals surface area contributed by atoms with Crippen LogP contribution in [-0.4, -0.2) is 27.0 Å². The summed E-state index contributed by atoms with van der Waals surface area (Å²) >= 11 is 7.30. The molecule has 7 heteroatoms. The summed E-state index contributed by atoms with van der Waals surface area (Å²) in [5.74, 6) is 0.777. The van der Waals surface area contributed by atoms with Crippen LogP contribution in [0.5, 0.6) is 0 Å². The average molecular weight is 362 g/mol. The van der Waals surface area contributed by atoms with Crippen molar-refractivity contribution in [1.29, 1.82) is 0 Å². The molecule has 0 atom stereocenters. The van der Waals surface area contributed by atoms with Gasteiger partial charge >= 0.3 is 0 Å². The largest absolute Gasteiger partial charge is 0.419 e. The molecule has 2 aromatic heterocycles. The number of aromatic nitrogens is 2. The SMILES string of the molecule is CC(C)N(Cc1nnc(-c2ccc(Cl)cc2)o1)C(=O)c1cccs1. The van der Waals surface area contributed by atoms with Gasteiger partial charge in [-0.3, -0.25) is 4.79 Å². The predicted octanol–water partition coefficient (Wildman–Crippen LogP) is 4.50. The van der Waals surface area contributed by atoms with Crippen molar-refractivity contribution in [3.8, 4) is 11.5 Å². The zero-order valence-electron chi connectivity index (χ0n) is 13.3. The van der Waals surface area contributed by atoms with Gasteiger partial charge in [-0.25, -0.2) is 0 Å². The zero-order valence-corrected chi connectivity index (χ0v) is 14.8. The van der Waals surface area contributed by atoms with Gasteiger partial charge in [-0.2, -0.15) is 0 Å². The van der Waals surface area contributed by atoms with E-state index in [0.29, 0.717) is 21.7 Å². The van der Waals surface area contributed by atoms with Crippen LogP contribution < -0.4 is 0 Å². The van der Waals surface area contributed by atoms with E-state index in [1.54, 1.807) is 17.0 Å². The topological polar surface area (TPSA) is 59.2 Å². The number of halogens is 1. The fourth-order valence-corrected chi connectivity index (χ4v) is 3.01. The Morgan fingerprint density at radius 1 is 1.25 bits per heavy atom. The smallest absolute Gasteiger partial charge is 0.264 e. The van der Waals surface area contributed by atoms with Gasteiger partial charge in [0.15, 0.2) is 0 Å². The number of carbonyl (C=O) groups excluding carboxylic acids is 1. The predicted molar refractivity (Wildman–Crippen MR) is 94.1 cm³/mol. The first-order chi connectivity index (χ1) is 11.5. The third-order valence-electron chi connectivity index (χ3n) is 3.48. The quantitative estimate of drug-likeness (QED) is 0.671. The second-order valence-electron chi connectivity index (χ2n) is 5.51. The fraction of sp³-hybridized carbons (Fsp3) is 0.235. The number of nitrogens with zero attached hydrogens (tertiary/aromatic N) is 3. The summed E-state index contributed by atoms with van der Waals surface area (Å²) in [6.45, 7) is 4.19. The minimum absolute atomic E-state index is 0.0190. The van der Waals surface area contributed by atoms with Crippen LogP contribution in [0.15, 0.2) is 46.2 Å². The van der Waals surface area contributed by atoms with E-state index in [1.165, 1.54) is 11.3 Å². The molecule has 0 bridgehead atoms. The van der Waals surface area contributed by atoms with Crippen molar-refractivity contribution in [3.05, 3.63) is 57.6 Å². The normalized spacial score (nSPS) is 11.0. The molecular weight excluding hydrogens is 346 g/mol. The van der Waals surface area contributed by atoms with Gasteiger partial charge in [-0.1, -0.05) is 17.7 Å². The minimum atomic E-state index is -0.0359. The lowest BCUT2D eigenvalue weighted by Gasteiger charge is -2.24. The first-order valence-corrected chi connectivity index (χ1v) is 8.73. The summed E-state index contributed by atoms with van der Waals surface area (Å²) < 4.78 is 5.70. The van der Waals surface area contributed by atoms with Crippen LogP contribution in [0.2, 0.25) is 5.02 Å². The molecule has 5 nitrogen and oxygen atoms in total. The van der Waals surface area contributed by atoms with Gasteiger partial charge in [-0.15, -0.1) is 21.5 Å². The number of benzene rings is 1. The Morgan fingerprint density at radius 3 is 2.62 bits per heavy atom. The summed E-state index contributed by atoms with van der Waals surface area (Å²) in [6.07, 6.45) is 0. The van der Waals surface area contributed by atoms with Crippen LogP contribution >= 0.6 is 22.9 Å². The van der Waals surface area contributed by atoms with Gasteiger partial charge in [0.1, 0.15) is 0 Å². The van der Waals surface area contributed by atoms with E-state index in [0.717, 1.165) is 5.56 Å². The van der Waals surface area contributed by atoms with Crippen molar-refractivity contribution < 1.29 is 9.21 Å². The highest BCUT2D eigenvalue weighted by Crippen LogP contribution is 2.22. The molecule has 1 aromatic carbocycles. The monoisotopic (exact) mass is 361 g/mol. The average Bonchev–Trinajstić information content (AvgIpc) is 3.24. The van der Waals surface area contributed by atoms with Crippen molar-refractivity contribution in [2.75, 3.05) is 0 Å². The van der Waals surface area contributed by atoms with E-state index in [2.05, 4.69) is 10.2 Å². The lowest BCUT2D eigenvalue weighted by molar-refractivity contribution is 0.0677. The highest BCUT2D eigenvalue weighted by molar-refractivity contribution is 7.12. The van der Waals surface area contributed by atoms with E-state index in [1.807, 2.05) is 43.5 Å². The van der Waals surface area contributed by atoms with Crippen molar-refractivity contribution in [2.24, 2.45) is 0 Å². The molecule has 1 amide bonds. The molecule has 0 aliphatic rings. The van der Waals surface area contributed by atoms with Crippen LogP contribution in [0.4, 0.5) is 0 Å². The maximum Gasteiger partial charge on any atom is 0.264 e. The van der Waals surface area contributed by atoms with Gasteiger partial charge in [0, 0.05) is 16.6 Å². The highest BCUT2D eigenvalue weighted by Gasteiger charge is 2.22. The number of hydrogen-bond acceptors (Lipinski definition) is 5. The Balaban J connectivity index is 1.79. The van der Waals surface area contributed by atoms with E-state index in [9.17, 15) is 4.79 Å². The molecule has 24 heavy (non-hydrogen) atoms. The summed E-state index contributed by atoms with van der Waals surface area (Å²) in [5, 5.41) is 10.6. The lowest BCUT2D eigenvalue weighted by Crippen LogP contribution is -2.36. The van der Waals surface area contributed by atoms with Crippen molar-refractivity contribution in [3.63, 3.8) is 0 Å². The maximum absolute atomic E-state index is 12.6. The van der Waals surface area contributed by atoms with Crippen LogP contribution in [0, 0.1) is 0 Å². The molecule has 0 radical (unpaired) electrons. The Labute approximate surface area is 148 Å². The first-order valence-electron chi connectivity index (χ1n) is 7.47. The Hall–Kier alpha value is -2.18. The molecule has 0 fully saturated rings. The number of amides is 1. The van der Waals surface area contributed by atoms with Crippen LogP contribution in [0.1, 0.15) is 29.4 Å². The standard InChI is InChI=1S/C17H16ClN3O2S/c1-11(2)21(17(22)14-4-3-9-24-14)10-15-19-20-16(23-15)12-5-7-13(18)8-6-12/h3-9,11H,10H2,1-2H3.